The largest absolute Gasteiger partial charge is 0.492 e. The minimum atomic E-state index is -0.249. The molecule has 0 saturated carbocycles. The number of aromatic nitrogens is 2. The molecule has 4 N–H and O–H groups in total. The van der Waals surface area contributed by atoms with Crippen molar-refractivity contribution in [1.82, 2.24) is 25.7 Å². The normalized spacial score (nSPS) is 13.6. The lowest BCUT2D eigenvalue weighted by Gasteiger charge is -2.26. The van der Waals surface area contributed by atoms with Gasteiger partial charge in [-0.1, -0.05) is 31.2 Å². The first-order valence-electron chi connectivity index (χ1n) is 12.6. The molecular formula is C27H34N6O4. The summed E-state index contributed by atoms with van der Waals surface area (Å²) in [6, 6.07) is 16.5. The van der Waals surface area contributed by atoms with Crippen LogP contribution in [-0.2, 0) is 11.3 Å². The highest BCUT2D eigenvalue weighted by Gasteiger charge is 2.12. The number of nitrogens with zero attached hydrogens (tertiary/aromatic N) is 2. The Hall–Kier alpha value is -3.89. The standard InChI is InChI=1S/C27H34N6O4/c1-2-11-28-27(35)29-19-20-3-5-21(6-4-20)24-18-25(32-31-24)30-26(34)22-7-9-23(10-8-22)37-17-14-33-12-15-36-16-13-33/h3-10,18H,2,11-17,19H2,1H3,(H2,28,29,35)(H2,30,31,32,34). The molecule has 3 aromatic rings. The number of aromatic amines is 1. The van der Waals surface area contributed by atoms with Crippen molar-refractivity contribution in [3.63, 3.8) is 0 Å². The number of hydrogen-bond acceptors (Lipinski definition) is 6. The van der Waals surface area contributed by atoms with Crippen LogP contribution in [0.3, 0.4) is 0 Å². The number of anilines is 1. The summed E-state index contributed by atoms with van der Waals surface area (Å²) in [5, 5.41) is 15.6. The Morgan fingerprint density at radius 1 is 1.05 bits per heavy atom. The van der Waals surface area contributed by atoms with E-state index in [1.54, 1.807) is 30.3 Å². The zero-order chi connectivity index (χ0) is 25.9. The molecule has 1 aliphatic heterocycles. The summed E-state index contributed by atoms with van der Waals surface area (Å²) in [6.45, 7) is 7.94. The number of hydrogen-bond donors (Lipinski definition) is 4. The van der Waals surface area contributed by atoms with E-state index in [-0.39, 0.29) is 11.9 Å². The topological polar surface area (TPSA) is 121 Å². The SMILES string of the molecule is CCCNC(=O)NCc1ccc(-c2cc(NC(=O)c3ccc(OCCN4CCOCC4)cc3)n[nH]2)cc1. The van der Waals surface area contributed by atoms with Crippen molar-refractivity contribution < 1.29 is 19.1 Å². The molecule has 0 spiro atoms. The van der Waals surface area contributed by atoms with E-state index < -0.39 is 0 Å². The van der Waals surface area contributed by atoms with Crippen LogP contribution < -0.4 is 20.7 Å². The molecule has 1 aromatic heterocycles. The number of H-pyrrole nitrogens is 1. The van der Waals surface area contributed by atoms with E-state index in [1.165, 1.54) is 0 Å². The van der Waals surface area contributed by atoms with Crippen molar-refractivity contribution >= 4 is 17.8 Å². The lowest BCUT2D eigenvalue weighted by atomic mass is 10.1. The minimum absolute atomic E-state index is 0.175. The maximum absolute atomic E-state index is 12.7. The van der Waals surface area contributed by atoms with Crippen molar-refractivity contribution in [2.75, 3.05) is 51.3 Å². The first-order valence-corrected chi connectivity index (χ1v) is 12.6. The summed E-state index contributed by atoms with van der Waals surface area (Å²) < 4.78 is 11.2. The van der Waals surface area contributed by atoms with Crippen LogP contribution in [0.2, 0.25) is 0 Å². The number of morpholine rings is 1. The molecule has 2 heterocycles. The van der Waals surface area contributed by atoms with E-state index in [9.17, 15) is 9.59 Å². The zero-order valence-corrected chi connectivity index (χ0v) is 21.1. The van der Waals surface area contributed by atoms with E-state index in [4.69, 9.17) is 9.47 Å². The van der Waals surface area contributed by atoms with Crippen LogP contribution in [0.5, 0.6) is 5.75 Å². The van der Waals surface area contributed by atoms with E-state index in [0.717, 1.165) is 61.8 Å². The molecule has 10 heteroatoms. The molecule has 1 aliphatic rings. The summed E-state index contributed by atoms with van der Waals surface area (Å²) in [4.78, 5) is 26.7. The second-order valence-electron chi connectivity index (χ2n) is 8.75. The van der Waals surface area contributed by atoms with Gasteiger partial charge in [-0.05, 0) is 41.8 Å². The second-order valence-corrected chi connectivity index (χ2v) is 8.75. The van der Waals surface area contributed by atoms with Gasteiger partial charge in [0.25, 0.3) is 5.91 Å². The molecule has 1 saturated heterocycles. The number of urea groups is 1. The number of amides is 3. The molecule has 0 aliphatic carbocycles. The highest BCUT2D eigenvalue weighted by Crippen LogP contribution is 2.21. The highest BCUT2D eigenvalue weighted by molar-refractivity contribution is 6.04. The Labute approximate surface area is 216 Å². The van der Waals surface area contributed by atoms with Gasteiger partial charge in [-0.15, -0.1) is 0 Å². The third kappa shape index (κ3) is 8.06. The summed E-state index contributed by atoms with van der Waals surface area (Å²) >= 11 is 0. The lowest BCUT2D eigenvalue weighted by molar-refractivity contribution is 0.0322. The van der Waals surface area contributed by atoms with Crippen LogP contribution in [0.15, 0.2) is 54.6 Å². The van der Waals surface area contributed by atoms with Crippen molar-refractivity contribution in [2.24, 2.45) is 0 Å². The molecule has 0 atom stereocenters. The van der Waals surface area contributed by atoms with Crippen LogP contribution in [0.4, 0.5) is 10.6 Å². The third-order valence-electron chi connectivity index (χ3n) is 5.97. The van der Waals surface area contributed by atoms with Gasteiger partial charge in [0, 0.05) is 44.4 Å². The van der Waals surface area contributed by atoms with E-state index in [0.29, 0.717) is 31.1 Å². The second kappa shape index (κ2) is 13.4. The Balaban J connectivity index is 1.24. The molecule has 3 amide bonds. The van der Waals surface area contributed by atoms with Gasteiger partial charge in [0.15, 0.2) is 5.82 Å². The fourth-order valence-corrected chi connectivity index (χ4v) is 3.83. The van der Waals surface area contributed by atoms with Crippen LogP contribution in [-0.4, -0.2) is 73.0 Å². The van der Waals surface area contributed by atoms with Crippen molar-refractivity contribution in [1.29, 1.82) is 0 Å². The number of rotatable bonds is 11. The number of carbonyl (C=O) groups excluding carboxylic acids is 2. The maximum Gasteiger partial charge on any atom is 0.315 e. The quantitative estimate of drug-likeness (QED) is 0.317. The van der Waals surface area contributed by atoms with Crippen LogP contribution in [0.25, 0.3) is 11.3 Å². The predicted octanol–water partition coefficient (Wildman–Crippen LogP) is 3.25. The summed E-state index contributed by atoms with van der Waals surface area (Å²) in [7, 11) is 0. The lowest BCUT2D eigenvalue weighted by Crippen LogP contribution is -2.38. The average molecular weight is 507 g/mol. The molecule has 196 valence electrons. The fourth-order valence-electron chi connectivity index (χ4n) is 3.83. The number of carbonyl (C=O) groups is 2. The summed E-state index contributed by atoms with van der Waals surface area (Å²) in [5.41, 5.74) is 3.20. The molecule has 1 fully saturated rings. The summed E-state index contributed by atoms with van der Waals surface area (Å²) in [5.74, 6) is 0.914. The van der Waals surface area contributed by atoms with Gasteiger partial charge in [-0.3, -0.25) is 14.8 Å². The average Bonchev–Trinajstić information content (AvgIpc) is 3.40. The van der Waals surface area contributed by atoms with Crippen LogP contribution in [0.1, 0.15) is 29.3 Å². The third-order valence-corrected chi connectivity index (χ3v) is 5.97. The fraction of sp³-hybridized carbons (Fsp3) is 0.370. The molecular weight excluding hydrogens is 472 g/mol. The monoisotopic (exact) mass is 506 g/mol. The number of benzene rings is 2. The number of nitrogens with one attached hydrogen (secondary N) is 4. The van der Waals surface area contributed by atoms with Crippen molar-refractivity contribution in [3.05, 3.63) is 65.7 Å². The van der Waals surface area contributed by atoms with Gasteiger partial charge in [0.05, 0.1) is 18.9 Å². The maximum atomic E-state index is 12.7. The van der Waals surface area contributed by atoms with Gasteiger partial charge in [0.1, 0.15) is 12.4 Å². The molecule has 10 nitrogen and oxygen atoms in total. The Morgan fingerprint density at radius 2 is 1.81 bits per heavy atom. The Kier molecular flexibility index (Phi) is 9.50. The molecule has 0 bridgehead atoms. The molecule has 4 rings (SSSR count). The van der Waals surface area contributed by atoms with Gasteiger partial charge >= 0.3 is 6.03 Å². The van der Waals surface area contributed by atoms with Gasteiger partial charge < -0.3 is 25.4 Å². The predicted molar refractivity (Wildman–Crippen MR) is 142 cm³/mol. The molecule has 37 heavy (non-hydrogen) atoms. The van der Waals surface area contributed by atoms with E-state index in [1.807, 2.05) is 31.2 Å². The van der Waals surface area contributed by atoms with Crippen LogP contribution in [0, 0.1) is 0 Å². The Morgan fingerprint density at radius 3 is 2.54 bits per heavy atom. The number of ether oxygens (including phenoxy) is 2. The summed E-state index contributed by atoms with van der Waals surface area (Å²) in [6.07, 6.45) is 0.895. The van der Waals surface area contributed by atoms with Gasteiger partial charge in [-0.2, -0.15) is 5.10 Å². The molecule has 0 unspecified atom stereocenters. The molecule has 0 radical (unpaired) electrons. The zero-order valence-electron chi connectivity index (χ0n) is 21.1. The first-order chi connectivity index (χ1) is 18.1. The van der Waals surface area contributed by atoms with E-state index >= 15 is 0 Å². The molecule has 2 aromatic carbocycles. The van der Waals surface area contributed by atoms with E-state index in [2.05, 4.69) is 31.0 Å². The van der Waals surface area contributed by atoms with Crippen LogP contribution >= 0.6 is 0 Å². The Bertz CT molecular complexity index is 1140. The van der Waals surface area contributed by atoms with Gasteiger partial charge in [-0.25, -0.2) is 4.79 Å². The van der Waals surface area contributed by atoms with Gasteiger partial charge in [0.2, 0.25) is 0 Å². The van der Waals surface area contributed by atoms with Crippen molar-refractivity contribution in [2.45, 2.75) is 19.9 Å². The van der Waals surface area contributed by atoms with Crippen molar-refractivity contribution in [3.8, 4) is 17.0 Å². The first kappa shape index (κ1) is 26.2. The minimum Gasteiger partial charge on any atom is -0.492 e. The smallest absolute Gasteiger partial charge is 0.315 e. The highest BCUT2D eigenvalue weighted by atomic mass is 16.5.